The summed E-state index contributed by atoms with van der Waals surface area (Å²) >= 11 is 11.8. The van der Waals surface area contributed by atoms with Crippen LogP contribution in [0.15, 0.2) is 23.3 Å². The van der Waals surface area contributed by atoms with E-state index in [4.69, 9.17) is 23.2 Å². The summed E-state index contributed by atoms with van der Waals surface area (Å²) in [5, 5.41) is 4.99. The first-order chi connectivity index (χ1) is 10.5. The fourth-order valence-electron chi connectivity index (χ4n) is 2.54. The second kappa shape index (κ2) is 7.92. The molecule has 1 aromatic rings. The van der Waals surface area contributed by atoms with Gasteiger partial charge in [0.1, 0.15) is 0 Å². The van der Waals surface area contributed by atoms with Crippen LogP contribution in [0.5, 0.6) is 0 Å². The molecule has 1 saturated heterocycles. The Bertz CT molecular complexity index is 554. The molecule has 1 heterocycles. The second-order valence-electron chi connectivity index (χ2n) is 5.53. The monoisotopic (exact) mass is 342 g/mol. The molecule has 0 bridgehead atoms. The van der Waals surface area contributed by atoms with Crippen LogP contribution in [0.2, 0.25) is 10.0 Å². The van der Waals surface area contributed by atoms with Gasteiger partial charge in [0.05, 0.1) is 11.2 Å². The van der Waals surface area contributed by atoms with Gasteiger partial charge in [-0.1, -0.05) is 29.3 Å². The molecule has 120 valence electrons. The van der Waals surface area contributed by atoms with E-state index in [0.717, 1.165) is 6.42 Å². The van der Waals surface area contributed by atoms with Gasteiger partial charge in [0.25, 0.3) is 0 Å². The lowest BCUT2D eigenvalue weighted by atomic mass is 9.91. The van der Waals surface area contributed by atoms with Gasteiger partial charge >= 0.3 is 0 Å². The molecule has 2 rings (SSSR count). The van der Waals surface area contributed by atoms with E-state index in [9.17, 15) is 4.79 Å². The normalized spacial score (nSPS) is 24.8. The molecule has 5 nitrogen and oxygen atoms in total. The highest BCUT2D eigenvalue weighted by atomic mass is 35.5. The molecule has 2 unspecified atom stereocenters. The fourth-order valence-corrected chi connectivity index (χ4v) is 3.00. The third-order valence-corrected chi connectivity index (χ3v) is 4.45. The number of amides is 1. The molecule has 7 heteroatoms. The molecule has 1 aliphatic heterocycles. The SMILES string of the molecule is CC1NNC(C)C1CCC(=O)N/N=C/c1ccc(Cl)cc1Cl. The van der Waals surface area contributed by atoms with Gasteiger partial charge in [-0.25, -0.2) is 5.43 Å². The molecule has 3 N–H and O–H groups in total. The van der Waals surface area contributed by atoms with Gasteiger partial charge in [0, 0.05) is 29.1 Å². The molecule has 22 heavy (non-hydrogen) atoms. The highest BCUT2D eigenvalue weighted by Gasteiger charge is 2.29. The molecular formula is C15H20Cl2N4O. The predicted octanol–water partition coefficient (Wildman–Crippen LogP) is 2.72. The maximum Gasteiger partial charge on any atom is 0.240 e. The van der Waals surface area contributed by atoms with Crippen molar-refractivity contribution in [2.24, 2.45) is 11.0 Å². The van der Waals surface area contributed by atoms with Crippen molar-refractivity contribution in [3.8, 4) is 0 Å². The first-order valence-electron chi connectivity index (χ1n) is 7.25. The molecule has 1 fully saturated rings. The number of carbonyl (C=O) groups is 1. The lowest BCUT2D eigenvalue weighted by Crippen LogP contribution is -2.30. The van der Waals surface area contributed by atoms with Crippen molar-refractivity contribution in [2.75, 3.05) is 0 Å². The first-order valence-corrected chi connectivity index (χ1v) is 8.01. The van der Waals surface area contributed by atoms with Gasteiger partial charge in [0.15, 0.2) is 0 Å². The number of hydrogen-bond acceptors (Lipinski definition) is 4. The summed E-state index contributed by atoms with van der Waals surface area (Å²) in [4.78, 5) is 11.8. The van der Waals surface area contributed by atoms with Crippen LogP contribution in [0.3, 0.4) is 0 Å². The summed E-state index contributed by atoms with van der Waals surface area (Å²) in [5.41, 5.74) is 9.59. The van der Waals surface area contributed by atoms with Crippen LogP contribution in [0, 0.1) is 5.92 Å². The van der Waals surface area contributed by atoms with E-state index in [1.165, 1.54) is 6.21 Å². The molecule has 1 aliphatic rings. The Morgan fingerprint density at radius 3 is 2.64 bits per heavy atom. The van der Waals surface area contributed by atoms with Gasteiger partial charge in [-0.2, -0.15) is 5.10 Å². The van der Waals surface area contributed by atoms with Crippen molar-refractivity contribution >= 4 is 35.3 Å². The van der Waals surface area contributed by atoms with Crippen LogP contribution in [-0.4, -0.2) is 24.2 Å². The van der Waals surface area contributed by atoms with Crippen LogP contribution in [-0.2, 0) is 4.79 Å². The molecule has 0 radical (unpaired) electrons. The van der Waals surface area contributed by atoms with E-state index >= 15 is 0 Å². The Morgan fingerprint density at radius 2 is 2.00 bits per heavy atom. The summed E-state index contributed by atoms with van der Waals surface area (Å²) in [6, 6.07) is 5.83. The smallest absolute Gasteiger partial charge is 0.240 e. The number of nitrogens with one attached hydrogen (secondary N) is 3. The minimum Gasteiger partial charge on any atom is -0.273 e. The van der Waals surface area contributed by atoms with Crippen molar-refractivity contribution in [3.63, 3.8) is 0 Å². The topological polar surface area (TPSA) is 65.5 Å². The zero-order valence-corrected chi connectivity index (χ0v) is 14.1. The van der Waals surface area contributed by atoms with Crippen LogP contribution in [0.25, 0.3) is 0 Å². The predicted molar refractivity (Wildman–Crippen MR) is 90.1 cm³/mol. The maximum atomic E-state index is 11.8. The van der Waals surface area contributed by atoms with Gasteiger partial charge < -0.3 is 0 Å². The van der Waals surface area contributed by atoms with Crippen LogP contribution >= 0.6 is 23.2 Å². The Labute approximate surface area is 140 Å². The molecule has 1 amide bonds. The number of halogens is 2. The number of hydrazone groups is 1. The van der Waals surface area contributed by atoms with Gasteiger partial charge in [-0.3, -0.25) is 15.6 Å². The summed E-state index contributed by atoms with van der Waals surface area (Å²) < 4.78 is 0. The summed E-state index contributed by atoms with van der Waals surface area (Å²) in [7, 11) is 0. The summed E-state index contributed by atoms with van der Waals surface area (Å²) in [6.07, 6.45) is 2.76. The van der Waals surface area contributed by atoms with Gasteiger partial charge in [-0.15, -0.1) is 0 Å². The summed E-state index contributed by atoms with van der Waals surface area (Å²) in [6.45, 7) is 4.22. The lowest BCUT2D eigenvalue weighted by Gasteiger charge is -2.16. The van der Waals surface area contributed by atoms with Gasteiger partial charge in [-0.05, 0) is 38.3 Å². The maximum absolute atomic E-state index is 11.8. The molecule has 0 aromatic heterocycles. The number of hydrazine groups is 1. The minimum absolute atomic E-state index is 0.104. The number of benzene rings is 1. The number of rotatable bonds is 5. The minimum atomic E-state index is -0.104. The van der Waals surface area contributed by atoms with Crippen LogP contribution in [0.4, 0.5) is 0 Å². The summed E-state index contributed by atoms with van der Waals surface area (Å²) in [5.74, 6) is 0.327. The molecular weight excluding hydrogens is 323 g/mol. The zero-order chi connectivity index (χ0) is 16.1. The third kappa shape index (κ3) is 4.68. The average molecular weight is 343 g/mol. The Hall–Kier alpha value is -1.14. The third-order valence-electron chi connectivity index (χ3n) is 3.88. The number of hydrogen-bond donors (Lipinski definition) is 3. The van der Waals surface area contributed by atoms with E-state index in [2.05, 4.69) is 35.2 Å². The molecule has 2 atom stereocenters. The lowest BCUT2D eigenvalue weighted by molar-refractivity contribution is -0.121. The van der Waals surface area contributed by atoms with Gasteiger partial charge in [0.2, 0.25) is 5.91 Å². The molecule has 1 aromatic carbocycles. The Kier molecular flexibility index (Phi) is 6.20. The fraction of sp³-hybridized carbons (Fsp3) is 0.467. The van der Waals surface area contributed by atoms with Crippen molar-refractivity contribution in [1.82, 2.24) is 16.3 Å². The van der Waals surface area contributed by atoms with Crippen molar-refractivity contribution < 1.29 is 4.79 Å². The first kappa shape index (κ1) is 17.2. The highest BCUT2D eigenvalue weighted by Crippen LogP contribution is 2.20. The zero-order valence-electron chi connectivity index (χ0n) is 12.6. The van der Waals surface area contributed by atoms with Crippen molar-refractivity contribution in [2.45, 2.75) is 38.8 Å². The molecule has 0 spiro atoms. The van der Waals surface area contributed by atoms with E-state index < -0.39 is 0 Å². The Morgan fingerprint density at radius 1 is 1.32 bits per heavy atom. The largest absolute Gasteiger partial charge is 0.273 e. The average Bonchev–Trinajstić information content (AvgIpc) is 2.78. The second-order valence-corrected chi connectivity index (χ2v) is 6.37. The van der Waals surface area contributed by atoms with E-state index in [1.54, 1.807) is 18.2 Å². The van der Waals surface area contributed by atoms with Crippen LogP contribution in [0.1, 0.15) is 32.3 Å². The van der Waals surface area contributed by atoms with Crippen molar-refractivity contribution in [3.05, 3.63) is 33.8 Å². The van der Waals surface area contributed by atoms with E-state index in [-0.39, 0.29) is 5.91 Å². The van der Waals surface area contributed by atoms with E-state index in [1.807, 2.05) is 0 Å². The number of nitrogens with zero attached hydrogens (tertiary/aromatic N) is 1. The van der Waals surface area contributed by atoms with Crippen molar-refractivity contribution in [1.29, 1.82) is 0 Å². The molecule has 0 saturated carbocycles. The number of carbonyl (C=O) groups excluding carboxylic acids is 1. The Balaban J connectivity index is 1.79. The van der Waals surface area contributed by atoms with E-state index in [0.29, 0.717) is 40.0 Å². The molecule has 0 aliphatic carbocycles. The highest BCUT2D eigenvalue weighted by molar-refractivity contribution is 6.36. The van der Waals surface area contributed by atoms with Crippen LogP contribution < -0.4 is 16.3 Å². The standard InChI is InChI=1S/C15H20Cl2N4O/c1-9-13(10(2)20-19-9)5-6-15(22)21-18-8-11-3-4-12(16)7-14(11)17/h3-4,7-10,13,19-20H,5-6H2,1-2H3,(H,21,22)/b18-8+. The quantitative estimate of drug-likeness (QED) is 0.569.